The maximum Gasteiger partial charge on any atom is 0.309 e. The Morgan fingerprint density at radius 2 is 1.83 bits per heavy atom. The predicted molar refractivity (Wildman–Crippen MR) is 69.7 cm³/mol. The van der Waals surface area contributed by atoms with Crippen molar-refractivity contribution in [1.82, 2.24) is 0 Å². The molecule has 0 spiro atoms. The first-order valence-corrected chi connectivity index (χ1v) is 5.83. The van der Waals surface area contributed by atoms with Crippen molar-refractivity contribution < 1.29 is 19.4 Å². The molecule has 0 amide bonds. The fraction of sp³-hybridized carbons (Fsp3) is 0.462. The molecule has 0 atom stereocenters. The molecule has 1 aromatic rings. The third-order valence-corrected chi connectivity index (χ3v) is 3.06. The van der Waals surface area contributed by atoms with E-state index in [4.69, 9.17) is 26.2 Å². The summed E-state index contributed by atoms with van der Waals surface area (Å²) in [5.74, 6) is 0.210. The topological polar surface area (TPSA) is 55.8 Å². The average molecular weight is 273 g/mol. The summed E-state index contributed by atoms with van der Waals surface area (Å²) in [5, 5.41) is 9.59. The van der Waals surface area contributed by atoms with Crippen LogP contribution in [-0.2, 0) is 11.2 Å². The molecule has 0 unspecified atom stereocenters. The Kier molecular flexibility index (Phi) is 4.46. The molecule has 0 aliphatic carbocycles. The van der Waals surface area contributed by atoms with Crippen LogP contribution >= 0.6 is 11.6 Å². The molecule has 1 rings (SSSR count). The van der Waals surface area contributed by atoms with E-state index >= 15 is 0 Å². The standard InChI is InChI=1S/C13H17ClO4/c1-13(2,12(15)16)7-8-5-11(18-4)9(14)6-10(8)17-3/h5-6H,7H2,1-4H3,(H,15,16). The van der Waals surface area contributed by atoms with E-state index in [2.05, 4.69) is 0 Å². The minimum Gasteiger partial charge on any atom is -0.496 e. The lowest BCUT2D eigenvalue weighted by atomic mass is 9.85. The normalized spacial score (nSPS) is 11.2. The van der Waals surface area contributed by atoms with Crippen molar-refractivity contribution in [3.63, 3.8) is 0 Å². The zero-order chi connectivity index (χ0) is 13.9. The van der Waals surface area contributed by atoms with Gasteiger partial charge in [-0.15, -0.1) is 0 Å². The number of methoxy groups -OCH3 is 2. The van der Waals surface area contributed by atoms with Crippen molar-refractivity contribution in [2.24, 2.45) is 5.41 Å². The van der Waals surface area contributed by atoms with Gasteiger partial charge in [0.15, 0.2) is 0 Å². The number of hydrogen-bond acceptors (Lipinski definition) is 3. The lowest BCUT2D eigenvalue weighted by Crippen LogP contribution is -2.26. The molecule has 1 aromatic carbocycles. The highest BCUT2D eigenvalue weighted by molar-refractivity contribution is 6.32. The Balaban J connectivity index is 3.18. The van der Waals surface area contributed by atoms with Crippen LogP contribution in [0.2, 0.25) is 5.02 Å². The van der Waals surface area contributed by atoms with Gasteiger partial charge in [0.05, 0.1) is 24.7 Å². The van der Waals surface area contributed by atoms with E-state index in [-0.39, 0.29) is 0 Å². The third-order valence-electron chi connectivity index (χ3n) is 2.77. The Morgan fingerprint density at radius 3 is 2.28 bits per heavy atom. The summed E-state index contributed by atoms with van der Waals surface area (Å²) in [7, 11) is 3.04. The minimum atomic E-state index is -0.883. The molecule has 0 aliphatic rings. The molecule has 0 fully saturated rings. The fourth-order valence-corrected chi connectivity index (χ4v) is 1.84. The summed E-state index contributed by atoms with van der Waals surface area (Å²) < 4.78 is 10.3. The third kappa shape index (κ3) is 3.07. The molecule has 0 heterocycles. The molecule has 5 heteroatoms. The number of ether oxygens (including phenoxy) is 2. The Hall–Kier alpha value is -1.42. The molecular formula is C13H17ClO4. The maximum absolute atomic E-state index is 11.1. The number of hydrogen-bond donors (Lipinski definition) is 1. The van der Waals surface area contributed by atoms with Crippen molar-refractivity contribution in [3.05, 3.63) is 22.7 Å². The van der Waals surface area contributed by atoms with Crippen LogP contribution in [0.25, 0.3) is 0 Å². The molecule has 1 N–H and O–H groups in total. The zero-order valence-corrected chi connectivity index (χ0v) is 11.7. The summed E-state index contributed by atoms with van der Waals surface area (Å²) in [5.41, 5.74) is -0.127. The van der Waals surface area contributed by atoms with Gasteiger partial charge in [-0.3, -0.25) is 4.79 Å². The second-order valence-electron chi connectivity index (χ2n) is 4.66. The fourth-order valence-electron chi connectivity index (χ4n) is 1.61. The first-order chi connectivity index (χ1) is 8.31. The molecule has 4 nitrogen and oxygen atoms in total. The number of carboxylic acids is 1. The monoisotopic (exact) mass is 272 g/mol. The second kappa shape index (κ2) is 5.48. The Bertz CT molecular complexity index is 455. The number of benzene rings is 1. The second-order valence-corrected chi connectivity index (χ2v) is 5.07. The first kappa shape index (κ1) is 14.6. The Labute approximate surface area is 111 Å². The number of carbonyl (C=O) groups is 1. The average Bonchev–Trinajstić information content (AvgIpc) is 2.30. The number of halogens is 1. The van der Waals surface area contributed by atoms with Crippen molar-refractivity contribution in [2.75, 3.05) is 14.2 Å². The van der Waals surface area contributed by atoms with E-state index in [0.29, 0.717) is 22.9 Å². The quantitative estimate of drug-likeness (QED) is 0.895. The molecule has 0 saturated carbocycles. The van der Waals surface area contributed by atoms with E-state index < -0.39 is 11.4 Å². The van der Waals surface area contributed by atoms with Gasteiger partial charge in [-0.1, -0.05) is 11.6 Å². The first-order valence-electron chi connectivity index (χ1n) is 5.45. The van der Waals surface area contributed by atoms with Gasteiger partial charge < -0.3 is 14.6 Å². The van der Waals surface area contributed by atoms with Crippen LogP contribution in [-0.4, -0.2) is 25.3 Å². The number of aliphatic carboxylic acids is 1. The van der Waals surface area contributed by atoms with E-state index in [1.807, 2.05) is 0 Å². The van der Waals surface area contributed by atoms with Crippen molar-refractivity contribution in [1.29, 1.82) is 0 Å². The van der Waals surface area contributed by atoms with Crippen LogP contribution < -0.4 is 9.47 Å². The van der Waals surface area contributed by atoms with Gasteiger partial charge in [0, 0.05) is 6.07 Å². The summed E-state index contributed by atoms with van der Waals surface area (Å²) in [6.07, 6.45) is 0.332. The summed E-state index contributed by atoms with van der Waals surface area (Å²) >= 11 is 5.99. The van der Waals surface area contributed by atoms with Crippen LogP contribution in [0.3, 0.4) is 0 Å². The maximum atomic E-state index is 11.1. The molecule has 0 aromatic heterocycles. The lowest BCUT2D eigenvalue weighted by Gasteiger charge is -2.21. The highest BCUT2D eigenvalue weighted by Crippen LogP contribution is 2.35. The smallest absolute Gasteiger partial charge is 0.309 e. The highest BCUT2D eigenvalue weighted by Gasteiger charge is 2.29. The Morgan fingerprint density at radius 1 is 1.28 bits per heavy atom. The van der Waals surface area contributed by atoms with E-state index in [1.54, 1.807) is 26.0 Å². The van der Waals surface area contributed by atoms with Crippen LogP contribution in [0, 0.1) is 5.41 Å². The van der Waals surface area contributed by atoms with Gasteiger partial charge in [-0.05, 0) is 31.9 Å². The van der Waals surface area contributed by atoms with E-state index in [0.717, 1.165) is 5.56 Å². The van der Waals surface area contributed by atoms with Gasteiger partial charge in [-0.25, -0.2) is 0 Å². The lowest BCUT2D eigenvalue weighted by molar-refractivity contribution is -0.146. The summed E-state index contributed by atoms with van der Waals surface area (Å²) in [4.78, 5) is 11.1. The molecule has 0 bridgehead atoms. The molecule has 0 saturated heterocycles. The van der Waals surface area contributed by atoms with E-state index in [1.165, 1.54) is 14.2 Å². The van der Waals surface area contributed by atoms with Gasteiger partial charge in [0.1, 0.15) is 11.5 Å². The number of rotatable bonds is 5. The van der Waals surface area contributed by atoms with E-state index in [9.17, 15) is 4.79 Å². The number of carboxylic acid groups (broad SMARTS) is 1. The summed E-state index contributed by atoms with van der Waals surface area (Å²) in [6, 6.07) is 3.35. The van der Waals surface area contributed by atoms with Gasteiger partial charge in [0.25, 0.3) is 0 Å². The molecule has 0 aliphatic heterocycles. The van der Waals surface area contributed by atoms with Gasteiger partial charge in [-0.2, -0.15) is 0 Å². The van der Waals surface area contributed by atoms with Gasteiger partial charge >= 0.3 is 5.97 Å². The zero-order valence-electron chi connectivity index (χ0n) is 10.9. The van der Waals surface area contributed by atoms with Crippen molar-refractivity contribution in [3.8, 4) is 11.5 Å². The summed E-state index contributed by atoms with van der Waals surface area (Å²) in [6.45, 7) is 3.33. The van der Waals surface area contributed by atoms with Crippen LogP contribution in [0.5, 0.6) is 11.5 Å². The molecular weight excluding hydrogens is 256 g/mol. The van der Waals surface area contributed by atoms with Crippen molar-refractivity contribution in [2.45, 2.75) is 20.3 Å². The molecule has 18 heavy (non-hydrogen) atoms. The molecule has 100 valence electrons. The SMILES string of the molecule is COc1cc(CC(C)(C)C(=O)O)c(OC)cc1Cl. The van der Waals surface area contributed by atoms with Crippen molar-refractivity contribution >= 4 is 17.6 Å². The largest absolute Gasteiger partial charge is 0.496 e. The minimum absolute atomic E-state index is 0.332. The molecule has 0 radical (unpaired) electrons. The predicted octanol–water partition coefficient (Wildman–Crippen LogP) is 3.01. The van der Waals surface area contributed by atoms with Gasteiger partial charge in [0.2, 0.25) is 0 Å². The highest BCUT2D eigenvalue weighted by atomic mass is 35.5. The van der Waals surface area contributed by atoms with Crippen LogP contribution in [0.4, 0.5) is 0 Å². The van der Waals surface area contributed by atoms with Crippen LogP contribution in [0.1, 0.15) is 19.4 Å². The van der Waals surface area contributed by atoms with Crippen LogP contribution in [0.15, 0.2) is 12.1 Å².